The lowest BCUT2D eigenvalue weighted by molar-refractivity contribution is 0.0530. The van der Waals surface area contributed by atoms with Gasteiger partial charge in [-0.3, -0.25) is 0 Å². The molecule has 0 aliphatic rings. The van der Waals surface area contributed by atoms with Gasteiger partial charge in [0.25, 0.3) is 0 Å². The minimum atomic E-state index is -0.482. The Morgan fingerprint density at radius 2 is 2.14 bits per heavy atom. The predicted molar refractivity (Wildman–Crippen MR) is 84.1 cm³/mol. The number of carbonyl (C=O) groups is 1. The van der Waals surface area contributed by atoms with Crippen molar-refractivity contribution in [1.82, 2.24) is 20.1 Å². The van der Waals surface area contributed by atoms with Crippen LogP contribution in [0.15, 0.2) is 36.8 Å². The summed E-state index contributed by atoms with van der Waals surface area (Å²) in [6, 6.07) is 5.63. The number of anilines is 1. The first-order valence-electron chi connectivity index (χ1n) is 7.11. The molecule has 1 amide bonds. The Morgan fingerprint density at radius 1 is 1.32 bits per heavy atom. The second-order valence-corrected chi connectivity index (χ2v) is 5.71. The van der Waals surface area contributed by atoms with Gasteiger partial charge in [-0.2, -0.15) is 5.10 Å². The summed E-state index contributed by atoms with van der Waals surface area (Å²) >= 11 is 0. The van der Waals surface area contributed by atoms with Gasteiger partial charge in [-0.25, -0.2) is 14.5 Å². The topological polar surface area (TPSA) is 81.1 Å². The number of hydrogen-bond donors (Lipinski definition) is 2. The van der Waals surface area contributed by atoms with Crippen LogP contribution in [0.2, 0.25) is 0 Å². The van der Waals surface area contributed by atoms with Crippen molar-refractivity contribution in [2.45, 2.75) is 26.4 Å². The van der Waals surface area contributed by atoms with Crippen molar-refractivity contribution >= 4 is 11.8 Å². The smallest absolute Gasteiger partial charge is 0.407 e. The molecular formula is C15H21N5O2. The zero-order valence-electron chi connectivity index (χ0n) is 13.0. The van der Waals surface area contributed by atoms with Gasteiger partial charge in [-0.15, -0.1) is 0 Å². The molecule has 22 heavy (non-hydrogen) atoms. The summed E-state index contributed by atoms with van der Waals surface area (Å²) in [5.74, 6) is 0.752. The van der Waals surface area contributed by atoms with Gasteiger partial charge < -0.3 is 15.4 Å². The quantitative estimate of drug-likeness (QED) is 0.828. The molecule has 0 saturated heterocycles. The highest BCUT2D eigenvalue weighted by atomic mass is 16.6. The fourth-order valence-electron chi connectivity index (χ4n) is 1.72. The van der Waals surface area contributed by atoms with Gasteiger partial charge in [0.1, 0.15) is 5.60 Å². The molecule has 2 heterocycles. The third-order valence-corrected chi connectivity index (χ3v) is 2.61. The van der Waals surface area contributed by atoms with Gasteiger partial charge in [0, 0.05) is 25.5 Å². The normalized spacial score (nSPS) is 11.0. The zero-order chi connectivity index (χ0) is 16.0. The lowest BCUT2D eigenvalue weighted by Crippen LogP contribution is -2.35. The monoisotopic (exact) mass is 303 g/mol. The van der Waals surface area contributed by atoms with E-state index in [4.69, 9.17) is 4.74 Å². The van der Waals surface area contributed by atoms with E-state index in [0.717, 1.165) is 11.5 Å². The third-order valence-electron chi connectivity index (χ3n) is 2.61. The van der Waals surface area contributed by atoms with E-state index in [1.165, 1.54) is 0 Å². The lowest BCUT2D eigenvalue weighted by Gasteiger charge is -2.19. The van der Waals surface area contributed by atoms with E-state index in [2.05, 4.69) is 20.7 Å². The van der Waals surface area contributed by atoms with Crippen molar-refractivity contribution < 1.29 is 9.53 Å². The maximum Gasteiger partial charge on any atom is 0.407 e. The van der Waals surface area contributed by atoms with Crippen molar-refractivity contribution in [2.24, 2.45) is 0 Å². The molecule has 2 aromatic heterocycles. The molecule has 7 heteroatoms. The summed E-state index contributed by atoms with van der Waals surface area (Å²) < 4.78 is 6.84. The van der Waals surface area contributed by atoms with E-state index in [1.54, 1.807) is 17.1 Å². The van der Waals surface area contributed by atoms with Crippen LogP contribution in [0.4, 0.5) is 10.5 Å². The molecule has 0 aliphatic carbocycles. The van der Waals surface area contributed by atoms with Crippen LogP contribution in [0.3, 0.4) is 0 Å². The van der Waals surface area contributed by atoms with Crippen molar-refractivity contribution in [3.63, 3.8) is 0 Å². The first kappa shape index (κ1) is 15.8. The van der Waals surface area contributed by atoms with Gasteiger partial charge in [-0.1, -0.05) is 0 Å². The number of hydrogen-bond acceptors (Lipinski definition) is 5. The van der Waals surface area contributed by atoms with Gasteiger partial charge in [-0.05, 0) is 39.0 Å². The summed E-state index contributed by atoms with van der Waals surface area (Å²) in [4.78, 5) is 15.8. The van der Waals surface area contributed by atoms with Crippen molar-refractivity contribution in [3.8, 4) is 5.82 Å². The Labute approximate surface area is 129 Å². The zero-order valence-corrected chi connectivity index (χ0v) is 13.0. The van der Waals surface area contributed by atoms with Crippen LogP contribution in [0, 0.1) is 0 Å². The second-order valence-electron chi connectivity index (χ2n) is 5.71. The molecule has 0 unspecified atom stereocenters. The van der Waals surface area contributed by atoms with E-state index >= 15 is 0 Å². The van der Waals surface area contributed by atoms with Crippen LogP contribution in [0.1, 0.15) is 20.8 Å². The van der Waals surface area contributed by atoms with E-state index in [0.29, 0.717) is 13.1 Å². The molecule has 0 fully saturated rings. The van der Waals surface area contributed by atoms with E-state index in [1.807, 2.05) is 45.2 Å². The summed E-state index contributed by atoms with van der Waals surface area (Å²) in [6.45, 7) is 6.55. The van der Waals surface area contributed by atoms with Gasteiger partial charge in [0.15, 0.2) is 5.82 Å². The molecule has 2 N–H and O–H groups in total. The Kier molecular flexibility index (Phi) is 4.98. The second kappa shape index (κ2) is 6.93. The van der Waals surface area contributed by atoms with Crippen molar-refractivity contribution in [3.05, 3.63) is 36.8 Å². The van der Waals surface area contributed by atoms with Gasteiger partial charge in [0.2, 0.25) is 0 Å². The highest BCUT2D eigenvalue weighted by molar-refractivity contribution is 5.67. The number of ether oxygens (including phenoxy) is 1. The molecule has 118 valence electrons. The number of nitrogens with one attached hydrogen (secondary N) is 2. The molecule has 0 aromatic carbocycles. The van der Waals surface area contributed by atoms with Crippen LogP contribution in [0.5, 0.6) is 0 Å². The maximum atomic E-state index is 11.5. The summed E-state index contributed by atoms with van der Waals surface area (Å²) in [6.07, 6.45) is 4.85. The molecule has 0 atom stereocenters. The Hall–Kier alpha value is -2.57. The van der Waals surface area contributed by atoms with E-state index in [-0.39, 0.29) is 0 Å². The largest absolute Gasteiger partial charge is 0.444 e. The highest BCUT2D eigenvalue weighted by Gasteiger charge is 2.15. The number of alkyl carbamates (subject to hydrolysis) is 1. The number of amides is 1. The van der Waals surface area contributed by atoms with E-state index < -0.39 is 11.7 Å². The Morgan fingerprint density at radius 3 is 2.73 bits per heavy atom. The molecule has 0 spiro atoms. The molecule has 0 saturated carbocycles. The average molecular weight is 303 g/mol. The lowest BCUT2D eigenvalue weighted by atomic mass is 10.2. The van der Waals surface area contributed by atoms with Gasteiger partial charge >= 0.3 is 6.09 Å². The summed E-state index contributed by atoms with van der Waals surface area (Å²) in [5.41, 5.74) is 0.394. The number of carbonyl (C=O) groups excluding carboxylic acids is 1. The van der Waals surface area contributed by atoms with Crippen LogP contribution in [-0.2, 0) is 4.74 Å². The van der Waals surface area contributed by atoms with Crippen LogP contribution < -0.4 is 10.6 Å². The standard InChI is InChI=1S/C15H21N5O2/c1-15(2,3)22-14(21)17-9-8-16-12-5-6-13(18-11-12)20-10-4-7-19-20/h4-7,10-11,16H,8-9H2,1-3H3,(H,17,21). The summed E-state index contributed by atoms with van der Waals surface area (Å²) in [7, 11) is 0. The fraction of sp³-hybridized carbons (Fsp3) is 0.400. The van der Waals surface area contributed by atoms with Gasteiger partial charge in [0.05, 0.1) is 11.9 Å². The number of nitrogens with zero attached hydrogens (tertiary/aromatic N) is 3. The van der Waals surface area contributed by atoms with Crippen LogP contribution >= 0.6 is 0 Å². The molecule has 2 rings (SSSR count). The fourth-order valence-corrected chi connectivity index (χ4v) is 1.72. The van der Waals surface area contributed by atoms with Crippen LogP contribution in [-0.4, -0.2) is 39.5 Å². The van der Waals surface area contributed by atoms with Crippen LogP contribution in [0.25, 0.3) is 5.82 Å². The molecule has 0 aliphatic heterocycles. The first-order valence-corrected chi connectivity index (χ1v) is 7.11. The molecule has 2 aromatic rings. The Balaban J connectivity index is 1.72. The number of aromatic nitrogens is 3. The third kappa shape index (κ3) is 5.08. The molecule has 0 radical (unpaired) electrons. The minimum absolute atomic E-state index is 0.415. The maximum absolute atomic E-state index is 11.5. The number of pyridine rings is 1. The van der Waals surface area contributed by atoms with Crippen molar-refractivity contribution in [2.75, 3.05) is 18.4 Å². The molecular weight excluding hydrogens is 282 g/mol. The predicted octanol–water partition coefficient (Wildman–Crippen LogP) is 2.20. The summed E-state index contributed by atoms with van der Waals surface area (Å²) in [5, 5.41) is 9.97. The first-order chi connectivity index (χ1) is 10.4. The SMILES string of the molecule is CC(C)(C)OC(=O)NCCNc1ccc(-n2cccn2)nc1. The van der Waals surface area contributed by atoms with Crippen molar-refractivity contribution in [1.29, 1.82) is 0 Å². The molecule has 7 nitrogen and oxygen atoms in total. The average Bonchev–Trinajstić information content (AvgIpc) is 2.96. The minimum Gasteiger partial charge on any atom is -0.444 e. The highest BCUT2D eigenvalue weighted by Crippen LogP contribution is 2.08. The number of rotatable bonds is 5. The van der Waals surface area contributed by atoms with E-state index in [9.17, 15) is 4.79 Å². The Bertz CT molecular complexity index is 587. The molecule has 0 bridgehead atoms.